The summed E-state index contributed by atoms with van der Waals surface area (Å²) in [6, 6.07) is 3.83. The number of phenolic OH excluding ortho intramolecular Hbond substituents is 2. The molecule has 0 radical (unpaired) electrons. The molecule has 0 atom stereocenters. The summed E-state index contributed by atoms with van der Waals surface area (Å²) in [7, 11) is 0. The van der Waals surface area contributed by atoms with Crippen molar-refractivity contribution in [1.29, 1.82) is 0 Å². The van der Waals surface area contributed by atoms with Crippen molar-refractivity contribution in [2.75, 3.05) is 18.4 Å². The van der Waals surface area contributed by atoms with Gasteiger partial charge in [-0.2, -0.15) is 0 Å². The number of amides is 1. The van der Waals surface area contributed by atoms with E-state index in [4.69, 9.17) is 0 Å². The van der Waals surface area contributed by atoms with Crippen LogP contribution in [0, 0.1) is 0 Å². The van der Waals surface area contributed by atoms with Gasteiger partial charge in [-0.1, -0.05) is 22.0 Å². The van der Waals surface area contributed by atoms with E-state index in [1.54, 1.807) is 0 Å². The van der Waals surface area contributed by atoms with E-state index >= 15 is 0 Å². The maximum atomic E-state index is 12.3. The number of aromatic hydroxyl groups is 2. The smallest absolute Gasteiger partial charge is 0.257 e. The lowest BCUT2D eigenvalue weighted by molar-refractivity contribution is 0.0569. The van der Waals surface area contributed by atoms with Gasteiger partial charge in [0.2, 0.25) is 0 Å². The highest BCUT2D eigenvalue weighted by Crippen LogP contribution is 2.29. The molecule has 0 unspecified atom stereocenters. The average Bonchev–Trinajstić information content (AvgIpc) is 2.31. The summed E-state index contributed by atoms with van der Waals surface area (Å²) < 4.78 is 24.7. The van der Waals surface area contributed by atoms with Crippen molar-refractivity contribution in [3.05, 3.63) is 23.8 Å². The van der Waals surface area contributed by atoms with Crippen LogP contribution < -0.4 is 0 Å². The molecule has 7 heteroatoms. The molecule has 0 spiro atoms. The highest BCUT2D eigenvalue weighted by atomic mass is 79.9. The van der Waals surface area contributed by atoms with Crippen LogP contribution in [-0.2, 0) is 0 Å². The van der Waals surface area contributed by atoms with Crippen molar-refractivity contribution in [3.8, 4) is 11.5 Å². The summed E-state index contributed by atoms with van der Waals surface area (Å²) in [6.45, 7) is -0.641. The monoisotopic (exact) mass is 323 g/mol. The molecule has 0 heterocycles. The van der Waals surface area contributed by atoms with Gasteiger partial charge in [0.05, 0.1) is 12.1 Å². The van der Waals surface area contributed by atoms with E-state index in [0.717, 1.165) is 4.90 Å². The second-order valence-corrected chi connectivity index (χ2v) is 4.30. The Balaban J connectivity index is 2.98. The Bertz CT molecular complexity index is 429. The fourth-order valence-corrected chi connectivity index (χ4v) is 1.85. The van der Waals surface area contributed by atoms with Crippen LogP contribution >= 0.6 is 15.9 Å². The molecule has 2 N–H and O–H groups in total. The number of carbonyl (C=O) groups excluding carboxylic acids is 1. The fraction of sp³-hybridized carbons (Fsp3) is 0.364. The summed E-state index contributed by atoms with van der Waals surface area (Å²) in [6.07, 6.45) is -2.66. The minimum absolute atomic E-state index is 0.0816. The van der Waals surface area contributed by atoms with Gasteiger partial charge in [-0.3, -0.25) is 4.79 Å². The molecule has 1 aromatic rings. The van der Waals surface area contributed by atoms with Gasteiger partial charge in [0.15, 0.2) is 11.5 Å². The predicted octanol–water partition coefficient (Wildman–Crippen LogP) is 2.20. The molecule has 0 saturated heterocycles. The zero-order valence-corrected chi connectivity index (χ0v) is 10.9. The number of hydrogen-bond acceptors (Lipinski definition) is 3. The Hall–Kier alpha value is -1.37. The van der Waals surface area contributed by atoms with Crippen LogP contribution in [-0.4, -0.2) is 45.9 Å². The molecule has 1 amide bonds. The van der Waals surface area contributed by atoms with E-state index in [9.17, 15) is 23.8 Å². The minimum Gasteiger partial charge on any atom is -0.504 e. The molecular formula is C11H12BrF2NO3. The number of phenols is 2. The summed E-state index contributed by atoms with van der Waals surface area (Å²) in [4.78, 5) is 12.9. The molecule has 0 aliphatic heterocycles. The van der Waals surface area contributed by atoms with E-state index in [1.165, 1.54) is 18.2 Å². The van der Waals surface area contributed by atoms with E-state index < -0.39 is 30.4 Å². The third-order valence-electron chi connectivity index (χ3n) is 2.25. The van der Waals surface area contributed by atoms with Gasteiger partial charge in [0.1, 0.15) is 0 Å². The van der Waals surface area contributed by atoms with Gasteiger partial charge in [-0.25, -0.2) is 8.78 Å². The van der Waals surface area contributed by atoms with Crippen molar-refractivity contribution in [2.24, 2.45) is 0 Å². The SMILES string of the molecule is O=C(c1cccc(O)c1O)N(CCBr)CC(F)F. The molecule has 0 bridgehead atoms. The maximum absolute atomic E-state index is 12.3. The number of rotatable bonds is 5. The molecular weight excluding hydrogens is 312 g/mol. The molecule has 18 heavy (non-hydrogen) atoms. The Labute approximate surface area is 111 Å². The lowest BCUT2D eigenvalue weighted by Gasteiger charge is -2.21. The standard InChI is InChI=1S/C11H12BrF2NO3/c12-4-5-15(6-9(13)14)11(18)7-2-1-3-8(16)10(7)17/h1-3,9,16-17H,4-6H2. The molecule has 0 aliphatic carbocycles. The first-order valence-corrected chi connectivity index (χ1v) is 6.23. The van der Waals surface area contributed by atoms with Crippen LogP contribution in [0.25, 0.3) is 0 Å². The van der Waals surface area contributed by atoms with Gasteiger partial charge in [-0.05, 0) is 12.1 Å². The van der Waals surface area contributed by atoms with Crippen molar-refractivity contribution in [3.63, 3.8) is 0 Å². The second kappa shape index (κ2) is 6.53. The first-order chi connectivity index (χ1) is 8.47. The number of nitrogens with zero attached hydrogens (tertiary/aromatic N) is 1. The van der Waals surface area contributed by atoms with Crippen LogP contribution in [0.1, 0.15) is 10.4 Å². The Morgan fingerprint density at radius 3 is 2.61 bits per heavy atom. The molecule has 1 rings (SSSR count). The Morgan fingerprint density at radius 2 is 2.06 bits per heavy atom. The second-order valence-electron chi connectivity index (χ2n) is 3.50. The number of para-hydroxylation sites is 1. The van der Waals surface area contributed by atoms with E-state index in [0.29, 0.717) is 5.33 Å². The van der Waals surface area contributed by atoms with Crippen molar-refractivity contribution >= 4 is 21.8 Å². The van der Waals surface area contributed by atoms with Gasteiger partial charge in [-0.15, -0.1) is 0 Å². The summed E-state index contributed by atoms with van der Waals surface area (Å²) in [5, 5.41) is 19.1. The van der Waals surface area contributed by atoms with Gasteiger partial charge in [0, 0.05) is 11.9 Å². The first kappa shape index (κ1) is 14.7. The largest absolute Gasteiger partial charge is 0.504 e. The topological polar surface area (TPSA) is 60.8 Å². The molecule has 1 aromatic carbocycles. The number of halogens is 3. The lowest BCUT2D eigenvalue weighted by Crippen LogP contribution is -2.36. The van der Waals surface area contributed by atoms with Gasteiger partial charge >= 0.3 is 0 Å². The van der Waals surface area contributed by atoms with Crippen LogP contribution in [0.15, 0.2) is 18.2 Å². The highest BCUT2D eigenvalue weighted by molar-refractivity contribution is 9.09. The van der Waals surface area contributed by atoms with E-state index in [-0.39, 0.29) is 12.1 Å². The zero-order valence-electron chi connectivity index (χ0n) is 9.31. The predicted molar refractivity (Wildman–Crippen MR) is 65.5 cm³/mol. The molecule has 0 aromatic heterocycles. The molecule has 0 aliphatic rings. The third-order valence-corrected chi connectivity index (χ3v) is 2.60. The number of benzene rings is 1. The Morgan fingerprint density at radius 1 is 1.39 bits per heavy atom. The van der Waals surface area contributed by atoms with Crippen molar-refractivity contribution in [1.82, 2.24) is 4.90 Å². The lowest BCUT2D eigenvalue weighted by atomic mass is 10.1. The summed E-state index contributed by atoms with van der Waals surface area (Å²) in [5.74, 6) is -1.81. The average molecular weight is 324 g/mol. The van der Waals surface area contributed by atoms with Crippen LogP contribution in [0.5, 0.6) is 11.5 Å². The van der Waals surface area contributed by atoms with Gasteiger partial charge < -0.3 is 15.1 Å². The number of carbonyl (C=O) groups is 1. The van der Waals surface area contributed by atoms with Crippen LogP contribution in [0.4, 0.5) is 8.78 Å². The molecule has 0 saturated carbocycles. The van der Waals surface area contributed by atoms with Crippen LogP contribution in [0.2, 0.25) is 0 Å². The molecule has 0 fully saturated rings. The summed E-state index contributed by atoms with van der Waals surface area (Å²) in [5.41, 5.74) is -0.198. The van der Waals surface area contributed by atoms with Crippen LogP contribution in [0.3, 0.4) is 0 Å². The normalized spacial score (nSPS) is 10.7. The fourth-order valence-electron chi connectivity index (χ4n) is 1.42. The van der Waals surface area contributed by atoms with Crippen molar-refractivity contribution < 1.29 is 23.8 Å². The molecule has 4 nitrogen and oxygen atoms in total. The van der Waals surface area contributed by atoms with Gasteiger partial charge in [0.25, 0.3) is 12.3 Å². The number of hydrogen-bond donors (Lipinski definition) is 2. The Kier molecular flexibility index (Phi) is 5.33. The van der Waals surface area contributed by atoms with E-state index in [1.807, 2.05) is 0 Å². The quantitative estimate of drug-likeness (QED) is 0.645. The minimum atomic E-state index is -2.66. The highest BCUT2D eigenvalue weighted by Gasteiger charge is 2.22. The zero-order chi connectivity index (χ0) is 13.7. The van der Waals surface area contributed by atoms with Crippen molar-refractivity contribution in [2.45, 2.75) is 6.43 Å². The first-order valence-electron chi connectivity index (χ1n) is 5.11. The molecule has 100 valence electrons. The number of alkyl halides is 3. The maximum Gasteiger partial charge on any atom is 0.257 e. The third kappa shape index (κ3) is 3.56. The van der Waals surface area contributed by atoms with E-state index in [2.05, 4.69) is 15.9 Å². The summed E-state index contributed by atoms with van der Waals surface area (Å²) >= 11 is 3.06.